The zero-order valence-electron chi connectivity index (χ0n) is 6.90. The molecule has 0 radical (unpaired) electrons. The summed E-state index contributed by atoms with van der Waals surface area (Å²) in [6.45, 7) is 3.79. The van der Waals surface area contributed by atoms with Crippen molar-refractivity contribution in [3.05, 3.63) is 16.9 Å². The second-order valence-corrected chi connectivity index (χ2v) is 3.92. The van der Waals surface area contributed by atoms with Crippen LogP contribution in [0.25, 0.3) is 0 Å². The number of nitrogens with zero attached hydrogens (tertiary/aromatic N) is 3. The minimum Gasteiger partial charge on any atom is -0.411 e. The maximum Gasteiger partial charge on any atom is 0.0954 e. The first-order chi connectivity index (χ1) is 5.56. The van der Waals surface area contributed by atoms with Gasteiger partial charge in [0.05, 0.1) is 22.4 Å². The smallest absolute Gasteiger partial charge is 0.0954 e. The lowest BCUT2D eigenvalue weighted by molar-refractivity contribution is 0.311. The van der Waals surface area contributed by atoms with Crippen molar-refractivity contribution in [3.8, 4) is 0 Å². The zero-order valence-corrected chi connectivity index (χ0v) is 8.48. The van der Waals surface area contributed by atoms with Crippen LogP contribution in [0.2, 0.25) is 0 Å². The van der Waals surface area contributed by atoms with Crippen LogP contribution in [0.15, 0.2) is 22.0 Å². The first-order valence-electron chi connectivity index (χ1n) is 3.45. The number of hydrogen-bond donors (Lipinski definition) is 1. The molecule has 1 heterocycles. The van der Waals surface area contributed by atoms with Crippen LogP contribution in [-0.2, 0) is 5.54 Å². The third-order valence-corrected chi connectivity index (χ3v) is 1.92. The van der Waals surface area contributed by atoms with Gasteiger partial charge in [0.25, 0.3) is 0 Å². The average molecular weight is 232 g/mol. The van der Waals surface area contributed by atoms with Crippen molar-refractivity contribution in [2.24, 2.45) is 5.16 Å². The Morgan fingerprint density at radius 1 is 1.75 bits per heavy atom. The van der Waals surface area contributed by atoms with Crippen LogP contribution < -0.4 is 0 Å². The van der Waals surface area contributed by atoms with Gasteiger partial charge in [-0.2, -0.15) is 5.10 Å². The van der Waals surface area contributed by atoms with E-state index < -0.39 is 5.54 Å². The largest absolute Gasteiger partial charge is 0.411 e. The van der Waals surface area contributed by atoms with E-state index in [1.807, 2.05) is 20.0 Å². The SMILES string of the molecule is CC(C)(/C=N/O)n1cc(Br)cn1. The summed E-state index contributed by atoms with van der Waals surface area (Å²) in [6.07, 6.45) is 4.93. The van der Waals surface area contributed by atoms with E-state index in [9.17, 15) is 0 Å². The van der Waals surface area contributed by atoms with E-state index >= 15 is 0 Å². The highest BCUT2D eigenvalue weighted by atomic mass is 79.9. The molecule has 0 amide bonds. The maximum absolute atomic E-state index is 8.39. The summed E-state index contributed by atoms with van der Waals surface area (Å²) < 4.78 is 2.61. The molecule has 0 aliphatic rings. The summed E-state index contributed by atoms with van der Waals surface area (Å²) in [5.74, 6) is 0. The van der Waals surface area contributed by atoms with Crippen LogP contribution in [0.4, 0.5) is 0 Å². The quantitative estimate of drug-likeness (QED) is 0.480. The first kappa shape index (κ1) is 9.25. The van der Waals surface area contributed by atoms with Crippen molar-refractivity contribution in [1.82, 2.24) is 9.78 Å². The Labute approximate surface area is 79.0 Å². The third kappa shape index (κ3) is 1.85. The monoisotopic (exact) mass is 231 g/mol. The Morgan fingerprint density at radius 3 is 2.83 bits per heavy atom. The Balaban J connectivity index is 2.96. The van der Waals surface area contributed by atoms with Crippen molar-refractivity contribution >= 4 is 22.1 Å². The third-order valence-electron chi connectivity index (χ3n) is 1.52. The van der Waals surface area contributed by atoms with Crippen molar-refractivity contribution < 1.29 is 5.21 Å². The van der Waals surface area contributed by atoms with Gasteiger partial charge in [-0.25, -0.2) is 0 Å². The van der Waals surface area contributed by atoms with Crippen LogP contribution >= 0.6 is 15.9 Å². The van der Waals surface area contributed by atoms with Gasteiger partial charge in [-0.3, -0.25) is 4.68 Å². The molecular weight excluding hydrogens is 222 g/mol. The molecule has 0 aliphatic carbocycles. The topological polar surface area (TPSA) is 50.4 Å². The van der Waals surface area contributed by atoms with E-state index in [1.165, 1.54) is 6.21 Å². The highest BCUT2D eigenvalue weighted by Crippen LogP contribution is 2.15. The molecule has 1 rings (SSSR count). The summed E-state index contributed by atoms with van der Waals surface area (Å²) >= 11 is 3.29. The summed E-state index contributed by atoms with van der Waals surface area (Å²) in [7, 11) is 0. The lowest BCUT2D eigenvalue weighted by atomic mass is 10.1. The molecule has 0 bridgehead atoms. The lowest BCUT2D eigenvalue weighted by Crippen LogP contribution is -2.28. The predicted molar refractivity (Wildman–Crippen MR) is 49.5 cm³/mol. The number of oxime groups is 1. The van der Waals surface area contributed by atoms with Gasteiger partial charge < -0.3 is 5.21 Å². The molecule has 0 spiro atoms. The van der Waals surface area contributed by atoms with Gasteiger partial charge in [-0.05, 0) is 29.8 Å². The Hall–Kier alpha value is -0.840. The Kier molecular flexibility index (Phi) is 2.52. The molecule has 5 heteroatoms. The number of hydrogen-bond acceptors (Lipinski definition) is 3. The fourth-order valence-electron chi connectivity index (χ4n) is 0.816. The molecule has 0 saturated heterocycles. The molecule has 12 heavy (non-hydrogen) atoms. The number of halogens is 1. The van der Waals surface area contributed by atoms with E-state index in [1.54, 1.807) is 10.9 Å². The second kappa shape index (κ2) is 3.26. The molecular formula is C7H10BrN3O. The summed E-state index contributed by atoms with van der Waals surface area (Å²) in [6, 6.07) is 0. The molecule has 0 atom stereocenters. The predicted octanol–water partition coefficient (Wildman–Crippen LogP) is 1.84. The fourth-order valence-corrected chi connectivity index (χ4v) is 1.10. The highest BCUT2D eigenvalue weighted by Gasteiger charge is 2.18. The van der Waals surface area contributed by atoms with E-state index in [2.05, 4.69) is 26.2 Å². The molecule has 0 unspecified atom stereocenters. The van der Waals surface area contributed by atoms with Crippen LogP contribution in [-0.4, -0.2) is 21.2 Å². The molecule has 1 aromatic heterocycles. The van der Waals surface area contributed by atoms with Gasteiger partial charge in [0.1, 0.15) is 0 Å². The molecule has 1 N–H and O–H groups in total. The van der Waals surface area contributed by atoms with Crippen LogP contribution in [0.1, 0.15) is 13.8 Å². The molecule has 4 nitrogen and oxygen atoms in total. The van der Waals surface area contributed by atoms with Crippen molar-refractivity contribution in [2.45, 2.75) is 19.4 Å². The Morgan fingerprint density at radius 2 is 2.42 bits per heavy atom. The van der Waals surface area contributed by atoms with Gasteiger partial charge in [-0.1, -0.05) is 5.16 Å². The minimum atomic E-state index is -0.402. The van der Waals surface area contributed by atoms with E-state index in [0.29, 0.717) is 0 Å². The second-order valence-electron chi connectivity index (χ2n) is 3.00. The van der Waals surface area contributed by atoms with E-state index in [4.69, 9.17) is 5.21 Å². The van der Waals surface area contributed by atoms with Gasteiger partial charge in [0, 0.05) is 6.20 Å². The summed E-state index contributed by atoms with van der Waals surface area (Å²) in [5, 5.41) is 15.5. The van der Waals surface area contributed by atoms with Crippen LogP contribution in [0, 0.1) is 0 Å². The lowest BCUT2D eigenvalue weighted by Gasteiger charge is -2.18. The van der Waals surface area contributed by atoms with Gasteiger partial charge in [0.15, 0.2) is 0 Å². The molecule has 0 aromatic carbocycles. The molecule has 0 fully saturated rings. The normalized spacial score (nSPS) is 12.6. The number of aromatic nitrogens is 2. The fraction of sp³-hybridized carbons (Fsp3) is 0.429. The first-order valence-corrected chi connectivity index (χ1v) is 4.25. The molecule has 66 valence electrons. The maximum atomic E-state index is 8.39. The van der Waals surface area contributed by atoms with E-state index in [-0.39, 0.29) is 0 Å². The van der Waals surface area contributed by atoms with Crippen LogP contribution in [0.3, 0.4) is 0 Å². The number of rotatable bonds is 2. The standard InChI is InChI=1S/C7H10BrN3O/c1-7(2,5-10-12)11-4-6(8)3-9-11/h3-5,12H,1-2H3/b10-5+. The average Bonchev–Trinajstić information content (AvgIpc) is 2.36. The summed E-state index contributed by atoms with van der Waals surface area (Å²) in [5.41, 5.74) is -0.402. The molecule has 0 aliphatic heterocycles. The van der Waals surface area contributed by atoms with Crippen molar-refractivity contribution in [3.63, 3.8) is 0 Å². The van der Waals surface area contributed by atoms with Gasteiger partial charge in [0.2, 0.25) is 0 Å². The van der Waals surface area contributed by atoms with Crippen molar-refractivity contribution in [2.75, 3.05) is 0 Å². The van der Waals surface area contributed by atoms with E-state index in [0.717, 1.165) is 4.47 Å². The van der Waals surface area contributed by atoms with Gasteiger partial charge >= 0.3 is 0 Å². The van der Waals surface area contributed by atoms with Crippen LogP contribution in [0.5, 0.6) is 0 Å². The zero-order chi connectivity index (χ0) is 9.19. The minimum absolute atomic E-state index is 0.402. The molecule has 1 aromatic rings. The summed E-state index contributed by atoms with van der Waals surface area (Å²) in [4.78, 5) is 0. The molecule has 0 saturated carbocycles. The van der Waals surface area contributed by atoms with Gasteiger partial charge in [-0.15, -0.1) is 0 Å². The van der Waals surface area contributed by atoms with Crippen molar-refractivity contribution in [1.29, 1.82) is 0 Å². The highest BCUT2D eigenvalue weighted by molar-refractivity contribution is 9.10. The Bertz CT molecular complexity index is 293.